The first kappa shape index (κ1) is 25.1. The van der Waals surface area contributed by atoms with Crippen molar-refractivity contribution < 1.29 is 24.1 Å². The number of benzene rings is 2. The van der Waals surface area contributed by atoms with Gasteiger partial charge in [0.25, 0.3) is 0 Å². The lowest BCUT2D eigenvalue weighted by Crippen LogP contribution is -2.24. The van der Waals surface area contributed by atoms with Gasteiger partial charge in [0, 0.05) is 30.0 Å². The fourth-order valence-electron chi connectivity index (χ4n) is 5.03. The number of aliphatic hydroxyl groups is 1. The Balaban J connectivity index is 1.60. The van der Waals surface area contributed by atoms with Crippen molar-refractivity contribution in [3.05, 3.63) is 66.1 Å². The van der Waals surface area contributed by atoms with E-state index in [2.05, 4.69) is 4.68 Å². The van der Waals surface area contributed by atoms with Gasteiger partial charge in [-0.15, -0.1) is 0 Å². The summed E-state index contributed by atoms with van der Waals surface area (Å²) in [6.45, 7) is 1.09. The Bertz CT molecular complexity index is 1110. The summed E-state index contributed by atoms with van der Waals surface area (Å²) in [6, 6.07) is 16.6. The Labute approximate surface area is 205 Å². The molecule has 186 valence electrons. The highest BCUT2D eigenvalue weighted by Gasteiger charge is 2.26. The fraction of sp³-hybridized carbons (Fsp3) is 0.429. The minimum Gasteiger partial charge on any atom is -0.480 e. The van der Waals surface area contributed by atoms with Gasteiger partial charge in [-0.1, -0.05) is 42.5 Å². The van der Waals surface area contributed by atoms with E-state index < -0.39 is 5.97 Å². The minimum atomic E-state index is -0.934. The molecule has 7 heteroatoms. The molecule has 0 aliphatic heterocycles. The number of rotatable bonds is 11. The molecule has 1 aromatic heterocycles. The van der Waals surface area contributed by atoms with Crippen molar-refractivity contribution in [3.63, 3.8) is 0 Å². The van der Waals surface area contributed by atoms with E-state index in [9.17, 15) is 14.3 Å². The third kappa shape index (κ3) is 6.55. The maximum atomic E-state index is 14.2. The number of ether oxygens (including phenoxy) is 1. The molecule has 35 heavy (non-hydrogen) atoms. The van der Waals surface area contributed by atoms with Gasteiger partial charge in [-0.05, 0) is 68.1 Å². The van der Waals surface area contributed by atoms with E-state index in [-0.39, 0.29) is 19.0 Å². The number of carbonyl (C=O) groups is 1. The molecule has 4 rings (SSSR count). The van der Waals surface area contributed by atoms with Gasteiger partial charge >= 0.3 is 5.97 Å². The molecule has 0 unspecified atom stereocenters. The second-order valence-electron chi connectivity index (χ2n) is 9.35. The van der Waals surface area contributed by atoms with E-state index in [1.807, 2.05) is 36.4 Å². The molecule has 2 aromatic carbocycles. The van der Waals surface area contributed by atoms with Crippen LogP contribution in [0.1, 0.15) is 37.8 Å². The van der Waals surface area contributed by atoms with Crippen molar-refractivity contribution in [3.8, 4) is 22.4 Å². The number of carboxylic acid groups (broad SMARTS) is 1. The predicted molar refractivity (Wildman–Crippen MR) is 132 cm³/mol. The molecule has 1 saturated carbocycles. The van der Waals surface area contributed by atoms with Gasteiger partial charge in [0.1, 0.15) is 18.1 Å². The van der Waals surface area contributed by atoms with Crippen molar-refractivity contribution in [1.29, 1.82) is 0 Å². The molecule has 1 fully saturated rings. The Kier molecular flexibility index (Phi) is 8.66. The molecule has 1 aliphatic rings. The normalized spacial score (nSPS) is 18.0. The van der Waals surface area contributed by atoms with Crippen molar-refractivity contribution in [1.82, 2.24) is 9.78 Å². The second-order valence-corrected chi connectivity index (χ2v) is 9.35. The summed E-state index contributed by atoms with van der Waals surface area (Å²) in [6.07, 6.45) is 5.31. The first-order valence-corrected chi connectivity index (χ1v) is 12.4. The van der Waals surface area contributed by atoms with E-state index in [1.165, 1.54) is 6.07 Å². The first-order chi connectivity index (χ1) is 17.0. The third-order valence-corrected chi connectivity index (χ3v) is 6.77. The van der Waals surface area contributed by atoms with Gasteiger partial charge in [0.2, 0.25) is 0 Å². The number of nitrogens with zero attached hydrogens (tertiary/aromatic N) is 2. The molecule has 0 amide bonds. The number of aliphatic hydroxyl groups excluding tert-OH is 1. The minimum absolute atomic E-state index is 0.0793. The van der Waals surface area contributed by atoms with Crippen LogP contribution < -0.4 is 0 Å². The highest BCUT2D eigenvalue weighted by atomic mass is 19.1. The maximum absolute atomic E-state index is 14.2. The zero-order valence-corrected chi connectivity index (χ0v) is 19.9. The summed E-state index contributed by atoms with van der Waals surface area (Å²) < 4.78 is 21.6. The highest BCUT2D eigenvalue weighted by molar-refractivity contribution is 5.82. The van der Waals surface area contributed by atoms with Crippen LogP contribution in [-0.4, -0.2) is 45.8 Å². The Morgan fingerprint density at radius 3 is 2.43 bits per heavy atom. The van der Waals surface area contributed by atoms with Crippen LogP contribution in [0.2, 0.25) is 0 Å². The lowest BCUT2D eigenvalue weighted by atomic mass is 9.82. The number of aromatic nitrogens is 2. The van der Waals surface area contributed by atoms with Crippen LogP contribution in [0.4, 0.5) is 4.39 Å². The number of halogens is 1. The Hall–Kier alpha value is -3.03. The zero-order valence-electron chi connectivity index (χ0n) is 19.9. The van der Waals surface area contributed by atoms with Gasteiger partial charge < -0.3 is 14.9 Å². The molecule has 1 aliphatic carbocycles. The summed E-state index contributed by atoms with van der Waals surface area (Å²) in [5, 5.41) is 23.4. The molecule has 1 heterocycles. The van der Waals surface area contributed by atoms with Crippen molar-refractivity contribution in [2.24, 2.45) is 11.8 Å². The van der Waals surface area contributed by atoms with E-state index in [1.54, 1.807) is 12.1 Å². The van der Waals surface area contributed by atoms with E-state index in [0.29, 0.717) is 31.3 Å². The van der Waals surface area contributed by atoms with Crippen LogP contribution in [0.25, 0.3) is 22.4 Å². The standard InChI is InChI=1S/C28H33FN2O4/c29-24-9-4-8-23(16-24)27-25(10-5-15-32)31(30-28(27)22-6-2-1-3-7-22)17-20-11-13-21(14-12-20)18-35-19-26(33)34/h1-4,6-9,16,20-21,32H,5,10-15,17-19H2,(H,33,34)/t20-,21-. The topological polar surface area (TPSA) is 84.6 Å². The summed E-state index contributed by atoms with van der Waals surface area (Å²) in [4.78, 5) is 10.7. The van der Waals surface area contributed by atoms with E-state index in [0.717, 1.165) is 60.3 Å². The molecule has 0 radical (unpaired) electrons. The van der Waals surface area contributed by atoms with Crippen LogP contribution in [0.15, 0.2) is 54.6 Å². The summed E-state index contributed by atoms with van der Waals surface area (Å²) in [5.41, 5.74) is 4.56. The number of carboxylic acids is 1. The van der Waals surface area contributed by atoms with E-state index >= 15 is 0 Å². The SMILES string of the molecule is O=C(O)COC[C@H]1CC[C@H](Cn2nc(-c3ccccc3)c(-c3cccc(F)c3)c2CCCO)CC1. The summed E-state index contributed by atoms with van der Waals surface area (Å²) >= 11 is 0. The molecule has 6 nitrogen and oxygen atoms in total. The largest absolute Gasteiger partial charge is 0.480 e. The molecule has 0 saturated heterocycles. The van der Waals surface area contributed by atoms with E-state index in [4.69, 9.17) is 14.9 Å². The quantitative estimate of drug-likeness (QED) is 0.395. The van der Waals surface area contributed by atoms with Crippen LogP contribution in [-0.2, 0) is 22.5 Å². The molecule has 0 bridgehead atoms. The predicted octanol–water partition coefficient (Wildman–Crippen LogP) is 5.19. The lowest BCUT2D eigenvalue weighted by Gasteiger charge is -2.28. The molecule has 2 N–H and O–H groups in total. The zero-order chi connectivity index (χ0) is 24.6. The summed E-state index contributed by atoms with van der Waals surface area (Å²) in [7, 11) is 0. The van der Waals surface area contributed by atoms with Gasteiger partial charge in [-0.3, -0.25) is 4.68 Å². The Morgan fingerprint density at radius 1 is 1.03 bits per heavy atom. The van der Waals surface area contributed by atoms with Gasteiger partial charge in [0.05, 0.1) is 6.61 Å². The van der Waals surface area contributed by atoms with Crippen LogP contribution >= 0.6 is 0 Å². The maximum Gasteiger partial charge on any atom is 0.329 e. The fourth-order valence-corrected chi connectivity index (χ4v) is 5.03. The van der Waals surface area contributed by atoms with Crippen molar-refractivity contribution in [2.45, 2.75) is 45.1 Å². The second kappa shape index (κ2) is 12.1. The lowest BCUT2D eigenvalue weighted by molar-refractivity contribution is -0.142. The average Bonchev–Trinajstić information content (AvgIpc) is 3.22. The third-order valence-electron chi connectivity index (χ3n) is 6.77. The monoisotopic (exact) mass is 480 g/mol. The van der Waals surface area contributed by atoms with Gasteiger partial charge in [-0.2, -0.15) is 5.10 Å². The smallest absolute Gasteiger partial charge is 0.329 e. The molecular formula is C28H33FN2O4. The highest BCUT2D eigenvalue weighted by Crippen LogP contribution is 2.37. The molecule has 0 atom stereocenters. The Morgan fingerprint density at radius 2 is 1.74 bits per heavy atom. The molecular weight excluding hydrogens is 447 g/mol. The summed E-state index contributed by atoms with van der Waals surface area (Å²) in [5.74, 6) is -0.385. The van der Waals surface area contributed by atoms with Crippen molar-refractivity contribution in [2.75, 3.05) is 19.8 Å². The molecule has 0 spiro atoms. The van der Waals surface area contributed by atoms with Crippen LogP contribution in [0.5, 0.6) is 0 Å². The molecule has 3 aromatic rings. The van der Waals surface area contributed by atoms with Crippen LogP contribution in [0, 0.1) is 17.7 Å². The first-order valence-electron chi connectivity index (χ1n) is 12.4. The van der Waals surface area contributed by atoms with Gasteiger partial charge in [0.15, 0.2) is 0 Å². The number of aliphatic carboxylic acids is 1. The average molecular weight is 481 g/mol. The number of hydrogen-bond donors (Lipinski definition) is 2. The van der Waals surface area contributed by atoms with Gasteiger partial charge in [-0.25, -0.2) is 9.18 Å². The van der Waals surface area contributed by atoms with Crippen LogP contribution in [0.3, 0.4) is 0 Å². The number of hydrogen-bond acceptors (Lipinski definition) is 4. The van der Waals surface area contributed by atoms with Crippen molar-refractivity contribution >= 4 is 5.97 Å².